The van der Waals surface area contributed by atoms with Crippen LogP contribution in [0.15, 0.2) is 5.38 Å². The molecule has 1 amide bonds. The van der Waals surface area contributed by atoms with Crippen molar-refractivity contribution in [2.24, 2.45) is 5.41 Å². The standard InChI is InChI=1S/C17H24N4O2S2/c1-10-13(25-16(19-10)21-14(22)17(2,3)4)12-9-24-15(20-12)18-8-11-6-5-7-23-11/h9,11H,5-8H2,1-4H3,(H,18,20)(H,19,21,22)/t11-/m0/s1. The number of aryl methyl sites for hydroxylation is 1. The van der Waals surface area contributed by atoms with Gasteiger partial charge in [0.15, 0.2) is 10.3 Å². The average Bonchev–Trinajstić information content (AvgIpc) is 3.25. The third-order valence-corrected chi connectivity index (χ3v) is 5.84. The molecule has 1 saturated heterocycles. The summed E-state index contributed by atoms with van der Waals surface area (Å²) in [6.45, 7) is 9.25. The van der Waals surface area contributed by atoms with Gasteiger partial charge in [0.05, 0.1) is 22.4 Å². The highest BCUT2D eigenvalue weighted by Gasteiger charge is 2.23. The molecule has 2 N–H and O–H groups in total. The Morgan fingerprint density at radius 1 is 1.36 bits per heavy atom. The number of carbonyl (C=O) groups is 1. The van der Waals surface area contributed by atoms with E-state index in [1.807, 2.05) is 33.1 Å². The number of rotatable bonds is 5. The van der Waals surface area contributed by atoms with Gasteiger partial charge in [0.1, 0.15) is 0 Å². The van der Waals surface area contributed by atoms with Crippen LogP contribution in [0.1, 0.15) is 39.3 Å². The summed E-state index contributed by atoms with van der Waals surface area (Å²) in [7, 11) is 0. The number of aromatic nitrogens is 2. The Labute approximate surface area is 156 Å². The number of thiazole rings is 2. The number of anilines is 2. The third-order valence-electron chi connectivity index (χ3n) is 3.94. The van der Waals surface area contributed by atoms with E-state index in [-0.39, 0.29) is 12.0 Å². The van der Waals surface area contributed by atoms with Gasteiger partial charge in [0, 0.05) is 23.9 Å². The monoisotopic (exact) mass is 380 g/mol. The fourth-order valence-corrected chi connectivity index (χ4v) is 4.15. The number of nitrogens with zero attached hydrogens (tertiary/aromatic N) is 2. The van der Waals surface area contributed by atoms with E-state index in [4.69, 9.17) is 4.74 Å². The molecule has 6 nitrogen and oxygen atoms in total. The van der Waals surface area contributed by atoms with E-state index in [1.54, 1.807) is 11.3 Å². The molecule has 0 saturated carbocycles. The molecule has 0 bridgehead atoms. The van der Waals surface area contributed by atoms with Gasteiger partial charge in [-0.05, 0) is 19.8 Å². The van der Waals surface area contributed by atoms with Gasteiger partial charge in [0.25, 0.3) is 0 Å². The Bertz CT molecular complexity index is 742. The lowest BCUT2D eigenvalue weighted by Gasteiger charge is -2.15. The summed E-state index contributed by atoms with van der Waals surface area (Å²) in [6.07, 6.45) is 2.53. The van der Waals surface area contributed by atoms with E-state index >= 15 is 0 Å². The average molecular weight is 381 g/mol. The molecule has 0 aromatic carbocycles. The first-order valence-electron chi connectivity index (χ1n) is 8.43. The largest absolute Gasteiger partial charge is 0.376 e. The zero-order chi connectivity index (χ0) is 18.0. The third kappa shape index (κ3) is 4.56. The second kappa shape index (κ2) is 7.39. The molecular weight excluding hydrogens is 356 g/mol. The van der Waals surface area contributed by atoms with Crippen LogP contribution in [0.25, 0.3) is 10.6 Å². The summed E-state index contributed by atoms with van der Waals surface area (Å²) in [6, 6.07) is 0. The lowest BCUT2D eigenvalue weighted by atomic mass is 9.96. The van der Waals surface area contributed by atoms with Gasteiger partial charge in [-0.2, -0.15) is 0 Å². The number of ether oxygens (including phenoxy) is 1. The zero-order valence-corrected chi connectivity index (χ0v) is 16.6. The smallest absolute Gasteiger partial charge is 0.231 e. The molecule has 136 valence electrons. The molecule has 3 rings (SSSR count). The molecule has 1 atom stereocenters. The van der Waals surface area contributed by atoms with E-state index in [9.17, 15) is 4.79 Å². The zero-order valence-electron chi connectivity index (χ0n) is 15.0. The van der Waals surface area contributed by atoms with E-state index in [0.717, 1.165) is 47.4 Å². The minimum Gasteiger partial charge on any atom is -0.376 e. The van der Waals surface area contributed by atoms with Crippen LogP contribution >= 0.6 is 22.7 Å². The van der Waals surface area contributed by atoms with Crippen LogP contribution in [0.4, 0.5) is 10.3 Å². The van der Waals surface area contributed by atoms with E-state index in [1.165, 1.54) is 11.3 Å². The predicted molar refractivity (Wildman–Crippen MR) is 104 cm³/mol. The lowest BCUT2D eigenvalue weighted by Crippen LogP contribution is -2.27. The molecule has 3 heterocycles. The van der Waals surface area contributed by atoms with Crippen molar-refractivity contribution in [3.05, 3.63) is 11.1 Å². The summed E-state index contributed by atoms with van der Waals surface area (Å²) >= 11 is 3.04. The molecule has 0 aliphatic carbocycles. The Kier molecular flexibility index (Phi) is 5.41. The Morgan fingerprint density at radius 2 is 2.16 bits per heavy atom. The van der Waals surface area contributed by atoms with Gasteiger partial charge in [0.2, 0.25) is 5.91 Å². The van der Waals surface area contributed by atoms with Crippen LogP contribution in [-0.4, -0.2) is 35.1 Å². The highest BCUT2D eigenvalue weighted by molar-refractivity contribution is 7.19. The summed E-state index contributed by atoms with van der Waals surface area (Å²) in [5.41, 5.74) is 1.33. The fraction of sp³-hybridized carbons (Fsp3) is 0.588. The summed E-state index contributed by atoms with van der Waals surface area (Å²) in [5, 5.41) is 9.77. The first-order valence-corrected chi connectivity index (χ1v) is 10.1. The summed E-state index contributed by atoms with van der Waals surface area (Å²) < 4.78 is 5.62. The second-order valence-corrected chi connectivity index (χ2v) is 9.05. The van der Waals surface area contributed by atoms with Gasteiger partial charge in [-0.15, -0.1) is 11.3 Å². The quantitative estimate of drug-likeness (QED) is 0.815. The molecule has 8 heteroatoms. The Morgan fingerprint density at radius 3 is 2.84 bits per heavy atom. The van der Waals surface area contributed by atoms with Crippen molar-refractivity contribution >= 4 is 38.8 Å². The molecule has 0 radical (unpaired) electrons. The Hall–Kier alpha value is -1.51. The maximum Gasteiger partial charge on any atom is 0.231 e. The molecule has 1 aliphatic rings. The van der Waals surface area contributed by atoms with Crippen molar-refractivity contribution in [3.8, 4) is 10.6 Å². The summed E-state index contributed by atoms with van der Waals surface area (Å²) in [5.74, 6) is -0.0370. The highest BCUT2D eigenvalue weighted by atomic mass is 32.1. The van der Waals surface area contributed by atoms with Crippen molar-refractivity contribution in [2.45, 2.75) is 46.6 Å². The van der Waals surface area contributed by atoms with E-state index < -0.39 is 5.41 Å². The van der Waals surface area contributed by atoms with Gasteiger partial charge in [-0.3, -0.25) is 4.79 Å². The second-order valence-electron chi connectivity index (χ2n) is 7.19. The predicted octanol–water partition coefficient (Wildman–Crippen LogP) is 4.15. The van der Waals surface area contributed by atoms with Crippen molar-refractivity contribution in [2.75, 3.05) is 23.8 Å². The topological polar surface area (TPSA) is 76.1 Å². The first-order chi connectivity index (χ1) is 11.8. The maximum atomic E-state index is 12.1. The molecule has 2 aromatic heterocycles. The van der Waals surface area contributed by atoms with Crippen molar-refractivity contribution < 1.29 is 9.53 Å². The van der Waals surface area contributed by atoms with Crippen molar-refractivity contribution in [1.82, 2.24) is 9.97 Å². The SMILES string of the molecule is Cc1nc(NC(=O)C(C)(C)C)sc1-c1csc(NC[C@@H]2CCCO2)n1. The van der Waals surface area contributed by atoms with Crippen LogP contribution in [0, 0.1) is 12.3 Å². The minimum absolute atomic E-state index is 0.0370. The highest BCUT2D eigenvalue weighted by Crippen LogP contribution is 2.35. The maximum absolute atomic E-state index is 12.1. The molecule has 25 heavy (non-hydrogen) atoms. The van der Waals surface area contributed by atoms with Crippen LogP contribution in [0.2, 0.25) is 0 Å². The van der Waals surface area contributed by atoms with Crippen molar-refractivity contribution in [3.63, 3.8) is 0 Å². The first kappa shape index (κ1) is 18.3. The molecule has 0 unspecified atom stereocenters. The van der Waals surface area contributed by atoms with Crippen molar-refractivity contribution in [1.29, 1.82) is 0 Å². The van der Waals surface area contributed by atoms with Gasteiger partial charge in [-0.25, -0.2) is 9.97 Å². The van der Waals surface area contributed by atoms with Gasteiger partial charge < -0.3 is 15.4 Å². The van der Waals surface area contributed by atoms with Gasteiger partial charge >= 0.3 is 0 Å². The molecule has 1 aliphatic heterocycles. The van der Waals surface area contributed by atoms with Crippen LogP contribution < -0.4 is 10.6 Å². The number of hydrogen-bond donors (Lipinski definition) is 2. The number of carbonyl (C=O) groups excluding carboxylic acids is 1. The molecule has 1 fully saturated rings. The number of hydrogen-bond acceptors (Lipinski definition) is 7. The Balaban J connectivity index is 1.66. The normalized spacial score (nSPS) is 17.7. The van der Waals surface area contributed by atoms with E-state index in [2.05, 4.69) is 20.6 Å². The van der Waals surface area contributed by atoms with Crippen LogP contribution in [0.3, 0.4) is 0 Å². The van der Waals surface area contributed by atoms with E-state index in [0.29, 0.717) is 5.13 Å². The van der Waals surface area contributed by atoms with Crippen LogP contribution in [-0.2, 0) is 9.53 Å². The molecule has 0 spiro atoms. The van der Waals surface area contributed by atoms with Gasteiger partial charge in [-0.1, -0.05) is 32.1 Å². The molecular formula is C17H24N4O2S2. The van der Waals surface area contributed by atoms with Crippen LogP contribution in [0.5, 0.6) is 0 Å². The molecule has 2 aromatic rings. The number of amides is 1. The summed E-state index contributed by atoms with van der Waals surface area (Å²) in [4.78, 5) is 22.2. The number of nitrogens with one attached hydrogen (secondary N) is 2. The minimum atomic E-state index is -0.445. The lowest BCUT2D eigenvalue weighted by molar-refractivity contribution is -0.123. The fourth-order valence-electron chi connectivity index (χ4n) is 2.44.